The van der Waals surface area contributed by atoms with E-state index >= 15 is 0 Å². The van der Waals surface area contributed by atoms with E-state index in [1.807, 2.05) is 30.3 Å². The predicted molar refractivity (Wildman–Crippen MR) is 111 cm³/mol. The van der Waals surface area contributed by atoms with E-state index in [9.17, 15) is 23.2 Å². The van der Waals surface area contributed by atoms with E-state index in [0.717, 1.165) is 17.7 Å². The number of carbonyl (C=O) groups is 3. The molecule has 2 N–H and O–H groups in total. The molecular formula is C23H25F2N3O3. The van der Waals surface area contributed by atoms with Gasteiger partial charge in [0.1, 0.15) is 6.04 Å². The summed E-state index contributed by atoms with van der Waals surface area (Å²) in [4.78, 5) is 39.5. The van der Waals surface area contributed by atoms with Gasteiger partial charge in [0.2, 0.25) is 17.7 Å². The predicted octanol–water partition coefficient (Wildman–Crippen LogP) is 2.35. The average Bonchev–Trinajstić information content (AvgIpc) is 2.79. The highest BCUT2D eigenvalue weighted by molar-refractivity contribution is 5.89. The van der Waals surface area contributed by atoms with E-state index in [-0.39, 0.29) is 24.4 Å². The molecule has 1 saturated heterocycles. The van der Waals surface area contributed by atoms with Crippen LogP contribution in [0.1, 0.15) is 30.0 Å². The SMILES string of the molecule is CNC(=O)C(NC(=O)C1CCCN(C(=O)Cc2ccccc2)C1)c1ccc(F)c(F)c1. The van der Waals surface area contributed by atoms with Crippen molar-refractivity contribution in [2.75, 3.05) is 20.1 Å². The Morgan fingerprint density at radius 2 is 1.84 bits per heavy atom. The zero-order valence-electron chi connectivity index (χ0n) is 17.2. The molecule has 2 unspecified atom stereocenters. The first-order valence-electron chi connectivity index (χ1n) is 10.2. The monoisotopic (exact) mass is 429 g/mol. The smallest absolute Gasteiger partial charge is 0.246 e. The first-order chi connectivity index (χ1) is 14.9. The number of likely N-dealkylation sites (tertiary alicyclic amines) is 1. The van der Waals surface area contributed by atoms with Crippen molar-refractivity contribution in [2.24, 2.45) is 5.92 Å². The lowest BCUT2D eigenvalue weighted by atomic mass is 9.95. The Labute approximate surface area is 179 Å². The Bertz CT molecular complexity index is 952. The zero-order valence-corrected chi connectivity index (χ0v) is 17.2. The van der Waals surface area contributed by atoms with Crippen LogP contribution in [0, 0.1) is 17.6 Å². The molecular weight excluding hydrogens is 404 g/mol. The molecule has 1 fully saturated rings. The van der Waals surface area contributed by atoms with Crippen molar-refractivity contribution < 1.29 is 23.2 Å². The zero-order chi connectivity index (χ0) is 22.4. The van der Waals surface area contributed by atoms with Gasteiger partial charge in [-0.1, -0.05) is 36.4 Å². The van der Waals surface area contributed by atoms with Crippen LogP contribution in [0.2, 0.25) is 0 Å². The van der Waals surface area contributed by atoms with Crippen LogP contribution < -0.4 is 10.6 Å². The van der Waals surface area contributed by atoms with E-state index < -0.39 is 35.4 Å². The van der Waals surface area contributed by atoms with Crippen molar-refractivity contribution in [3.63, 3.8) is 0 Å². The highest BCUT2D eigenvalue weighted by Gasteiger charge is 2.31. The second-order valence-electron chi connectivity index (χ2n) is 7.57. The molecule has 0 aromatic heterocycles. The third kappa shape index (κ3) is 5.65. The van der Waals surface area contributed by atoms with E-state index in [0.29, 0.717) is 19.4 Å². The molecule has 0 aliphatic carbocycles. The highest BCUT2D eigenvalue weighted by atomic mass is 19.2. The van der Waals surface area contributed by atoms with Gasteiger partial charge in [-0.2, -0.15) is 0 Å². The minimum absolute atomic E-state index is 0.0628. The molecule has 1 aliphatic heterocycles. The summed E-state index contributed by atoms with van der Waals surface area (Å²) < 4.78 is 26.9. The highest BCUT2D eigenvalue weighted by Crippen LogP contribution is 2.21. The molecule has 6 nitrogen and oxygen atoms in total. The molecule has 31 heavy (non-hydrogen) atoms. The molecule has 0 radical (unpaired) electrons. The molecule has 0 saturated carbocycles. The number of halogens is 2. The molecule has 164 valence electrons. The van der Waals surface area contributed by atoms with E-state index in [1.54, 1.807) is 4.90 Å². The minimum atomic E-state index is -1.16. The Kier molecular flexibility index (Phi) is 7.33. The summed E-state index contributed by atoms with van der Waals surface area (Å²) in [6.45, 7) is 0.813. The van der Waals surface area contributed by atoms with Gasteiger partial charge in [-0.05, 0) is 36.1 Å². The first kappa shape index (κ1) is 22.4. The normalized spacial score (nSPS) is 17.0. The summed E-state index contributed by atoms with van der Waals surface area (Å²) in [6, 6.07) is 11.3. The summed E-state index contributed by atoms with van der Waals surface area (Å²) in [5.74, 6) is -3.65. The van der Waals surface area contributed by atoms with Gasteiger partial charge >= 0.3 is 0 Å². The molecule has 0 spiro atoms. The molecule has 3 rings (SSSR count). The number of likely N-dealkylation sites (N-methyl/N-ethyl adjacent to an activating group) is 1. The maximum Gasteiger partial charge on any atom is 0.246 e. The number of piperidine rings is 1. The number of nitrogens with zero attached hydrogens (tertiary/aromatic N) is 1. The van der Waals surface area contributed by atoms with Crippen molar-refractivity contribution in [3.8, 4) is 0 Å². The van der Waals surface area contributed by atoms with Gasteiger partial charge in [0.15, 0.2) is 11.6 Å². The Morgan fingerprint density at radius 3 is 2.52 bits per heavy atom. The molecule has 3 amide bonds. The van der Waals surface area contributed by atoms with Gasteiger partial charge in [-0.3, -0.25) is 14.4 Å². The van der Waals surface area contributed by atoms with E-state index in [1.165, 1.54) is 13.1 Å². The number of rotatable bonds is 6. The summed E-state index contributed by atoms with van der Waals surface area (Å²) in [5, 5.41) is 5.06. The molecule has 2 atom stereocenters. The van der Waals surface area contributed by atoms with Crippen molar-refractivity contribution in [1.82, 2.24) is 15.5 Å². The van der Waals surface area contributed by atoms with E-state index in [2.05, 4.69) is 10.6 Å². The first-order valence-corrected chi connectivity index (χ1v) is 10.2. The van der Waals surface area contributed by atoms with Gasteiger partial charge in [0, 0.05) is 20.1 Å². The van der Waals surface area contributed by atoms with Crippen molar-refractivity contribution in [1.29, 1.82) is 0 Å². The largest absolute Gasteiger partial charge is 0.357 e. The van der Waals surface area contributed by atoms with Crippen LogP contribution in [0.15, 0.2) is 48.5 Å². The van der Waals surface area contributed by atoms with Crippen LogP contribution in [0.25, 0.3) is 0 Å². The van der Waals surface area contributed by atoms with Crippen LogP contribution in [0.3, 0.4) is 0 Å². The fourth-order valence-corrected chi connectivity index (χ4v) is 3.70. The van der Waals surface area contributed by atoms with Gasteiger partial charge in [0.05, 0.1) is 12.3 Å². The summed E-state index contributed by atoms with van der Waals surface area (Å²) in [6.07, 6.45) is 1.48. The van der Waals surface area contributed by atoms with E-state index in [4.69, 9.17) is 0 Å². The maximum atomic E-state index is 13.7. The Balaban J connectivity index is 1.67. The second kappa shape index (κ2) is 10.1. The van der Waals surface area contributed by atoms with Gasteiger partial charge in [0.25, 0.3) is 0 Å². The van der Waals surface area contributed by atoms with Crippen LogP contribution in [0.4, 0.5) is 8.78 Å². The molecule has 0 bridgehead atoms. The van der Waals surface area contributed by atoms with Crippen molar-refractivity contribution in [2.45, 2.75) is 25.3 Å². The number of carbonyl (C=O) groups excluding carboxylic acids is 3. The number of amides is 3. The number of benzene rings is 2. The lowest BCUT2D eigenvalue weighted by molar-refractivity contribution is -0.137. The number of nitrogens with one attached hydrogen (secondary N) is 2. The Morgan fingerprint density at radius 1 is 1.10 bits per heavy atom. The quantitative estimate of drug-likeness (QED) is 0.740. The standard InChI is InChI=1S/C23H25F2N3O3/c1-26-23(31)21(16-9-10-18(24)19(25)13-16)27-22(30)17-8-5-11-28(14-17)20(29)12-15-6-3-2-4-7-15/h2-4,6-7,9-10,13,17,21H,5,8,11-12,14H2,1H3,(H,26,31)(H,27,30). The number of hydrogen-bond donors (Lipinski definition) is 2. The summed E-state index contributed by atoms with van der Waals surface area (Å²) >= 11 is 0. The molecule has 1 heterocycles. The van der Waals surface area contributed by atoms with Gasteiger partial charge in [-0.25, -0.2) is 8.78 Å². The minimum Gasteiger partial charge on any atom is -0.357 e. The topological polar surface area (TPSA) is 78.5 Å². The molecule has 2 aromatic carbocycles. The van der Waals surface area contributed by atoms with Crippen molar-refractivity contribution in [3.05, 3.63) is 71.3 Å². The number of hydrogen-bond acceptors (Lipinski definition) is 3. The fraction of sp³-hybridized carbons (Fsp3) is 0.348. The van der Waals surface area contributed by atoms with Gasteiger partial charge in [-0.15, -0.1) is 0 Å². The Hall–Kier alpha value is -3.29. The summed E-state index contributed by atoms with van der Waals surface area (Å²) in [5.41, 5.74) is 1.04. The van der Waals surface area contributed by atoms with Crippen molar-refractivity contribution >= 4 is 17.7 Å². The maximum absolute atomic E-state index is 13.7. The lowest BCUT2D eigenvalue weighted by Crippen LogP contribution is -2.48. The van der Waals surface area contributed by atoms with Gasteiger partial charge < -0.3 is 15.5 Å². The third-order valence-electron chi connectivity index (χ3n) is 5.42. The lowest BCUT2D eigenvalue weighted by Gasteiger charge is -2.33. The average molecular weight is 429 g/mol. The third-order valence-corrected chi connectivity index (χ3v) is 5.42. The van der Waals surface area contributed by atoms with Crippen LogP contribution >= 0.6 is 0 Å². The summed E-state index contributed by atoms with van der Waals surface area (Å²) in [7, 11) is 1.39. The second-order valence-corrected chi connectivity index (χ2v) is 7.57. The fourth-order valence-electron chi connectivity index (χ4n) is 3.70. The van der Waals surface area contributed by atoms with Crippen LogP contribution in [0.5, 0.6) is 0 Å². The molecule has 1 aliphatic rings. The molecule has 8 heteroatoms. The molecule has 2 aromatic rings. The van der Waals surface area contributed by atoms with Crippen LogP contribution in [-0.2, 0) is 20.8 Å². The van der Waals surface area contributed by atoms with Crippen LogP contribution in [-0.4, -0.2) is 42.8 Å².